The van der Waals surface area contributed by atoms with E-state index in [1.807, 2.05) is 0 Å². The van der Waals surface area contributed by atoms with E-state index in [1.54, 1.807) is 22.7 Å². The maximum Gasteiger partial charge on any atom is 0.416 e. The molecule has 3 aromatic rings. The van der Waals surface area contributed by atoms with Crippen LogP contribution in [0.5, 0.6) is 5.75 Å². The van der Waals surface area contributed by atoms with Crippen molar-refractivity contribution in [2.24, 2.45) is 0 Å². The average Bonchev–Trinajstić information content (AvgIpc) is 3.26. The number of phenols is 1. The van der Waals surface area contributed by atoms with E-state index >= 15 is 0 Å². The molecule has 0 amide bonds. The van der Waals surface area contributed by atoms with Crippen molar-refractivity contribution in [3.63, 3.8) is 0 Å². The molecule has 1 aromatic carbocycles. The summed E-state index contributed by atoms with van der Waals surface area (Å²) in [5, 5.41) is 21.6. The van der Waals surface area contributed by atoms with E-state index in [0.717, 1.165) is 12.5 Å². The summed E-state index contributed by atoms with van der Waals surface area (Å²) in [4.78, 5) is 0. The number of hydrogen-bond acceptors (Lipinski definition) is 5. The largest absolute Gasteiger partial charge is 0.507 e. The maximum absolute atomic E-state index is 12.8. The molecule has 26 heavy (non-hydrogen) atoms. The second-order valence-corrected chi connectivity index (χ2v) is 6.07. The topological polar surface area (TPSA) is 71.7 Å². The number of halogens is 3. The minimum atomic E-state index is -4.52. The highest BCUT2D eigenvalue weighted by molar-refractivity contribution is 5.81. The van der Waals surface area contributed by atoms with Crippen LogP contribution in [-0.2, 0) is 10.9 Å². The van der Waals surface area contributed by atoms with Gasteiger partial charge in [-0.05, 0) is 36.8 Å². The van der Waals surface area contributed by atoms with E-state index in [-0.39, 0.29) is 11.6 Å². The van der Waals surface area contributed by atoms with Crippen molar-refractivity contribution in [3.05, 3.63) is 42.1 Å². The highest BCUT2D eigenvalue weighted by Gasteiger charge is 2.31. The van der Waals surface area contributed by atoms with Crippen LogP contribution >= 0.6 is 0 Å². The first-order valence-electron chi connectivity index (χ1n) is 8.02. The lowest BCUT2D eigenvalue weighted by molar-refractivity contribution is -0.137. The Hall–Kier alpha value is -2.81. The summed E-state index contributed by atoms with van der Waals surface area (Å²) in [6, 6.07) is 6.47. The van der Waals surface area contributed by atoms with Gasteiger partial charge in [0.25, 0.3) is 0 Å². The molecule has 0 saturated carbocycles. The van der Waals surface area contributed by atoms with Gasteiger partial charge in [-0.3, -0.25) is 4.40 Å². The Morgan fingerprint density at radius 1 is 1.23 bits per heavy atom. The summed E-state index contributed by atoms with van der Waals surface area (Å²) in [5.74, 6) is 0.0118. The molecule has 0 unspecified atom stereocenters. The number of alkyl halides is 3. The number of phenolic OH excluding ortho intramolecular Hbond substituents is 1. The number of rotatable bonds is 3. The highest BCUT2D eigenvalue weighted by Crippen LogP contribution is 2.37. The van der Waals surface area contributed by atoms with E-state index < -0.39 is 17.5 Å². The molecule has 0 spiro atoms. The lowest BCUT2D eigenvalue weighted by Crippen LogP contribution is -2.22. The van der Waals surface area contributed by atoms with Gasteiger partial charge in [0.05, 0.1) is 23.7 Å². The van der Waals surface area contributed by atoms with Gasteiger partial charge >= 0.3 is 6.18 Å². The third-order valence-corrected chi connectivity index (χ3v) is 4.31. The van der Waals surface area contributed by atoms with E-state index in [1.165, 1.54) is 6.07 Å². The van der Waals surface area contributed by atoms with Crippen LogP contribution in [0.1, 0.15) is 12.0 Å². The van der Waals surface area contributed by atoms with Crippen LogP contribution in [0.15, 0.2) is 36.5 Å². The number of hydrogen-bond donors (Lipinski definition) is 2. The van der Waals surface area contributed by atoms with Crippen molar-refractivity contribution in [2.75, 3.05) is 18.5 Å². The predicted octanol–water partition coefficient (Wildman–Crippen LogP) is 3.32. The van der Waals surface area contributed by atoms with Crippen molar-refractivity contribution in [1.29, 1.82) is 0 Å². The Labute approximate surface area is 146 Å². The van der Waals surface area contributed by atoms with E-state index in [9.17, 15) is 18.3 Å². The third kappa shape index (κ3) is 2.94. The fraction of sp³-hybridized carbons (Fsp3) is 0.294. The molecule has 0 radical (unpaired) electrons. The van der Waals surface area contributed by atoms with Gasteiger partial charge in [0, 0.05) is 18.4 Å². The molecule has 2 N–H and O–H groups in total. The molecule has 2 aromatic heterocycles. The van der Waals surface area contributed by atoms with Gasteiger partial charge in [-0.25, -0.2) is 0 Å². The van der Waals surface area contributed by atoms with Crippen LogP contribution in [0.2, 0.25) is 0 Å². The van der Waals surface area contributed by atoms with Gasteiger partial charge in [-0.1, -0.05) is 0 Å². The summed E-state index contributed by atoms with van der Waals surface area (Å²) in [7, 11) is 0. The molecule has 9 heteroatoms. The third-order valence-electron chi connectivity index (χ3n) is 4.31. The highest BCUT2D eigenvalue weighted by atomic mass is 19.4. The van der Waals surface area contributed by atoms with Crippen LogP contribution in [0.4, 0.5) is 19.1 Å². The zero-order chi connectivity index (χ0) is 18.3. The van der Waals surface area contributed by atoms with Crippen molar-refractivity contribution in [2.45, 2.75) is 18.6 Å². The van der Waals surface area contributed by atoms with Gasteiger partial charge in [-0.2, -0.15) is 13.2 Å². The van der Waals surface area contributed by atoms with Gasteiger partial charge in [0.2, 0.25) is 5.95 Å². The standard InChI is InChI=1S/C17H15F3N4O2/c18-17(19,20)10-3-4-12(14(25)8-10)15-13-2-1-6-24(13)16(23-22-15)21-11-5-7-26-9-11/h1-4,6,8,11,25H,5,7,9H2,(H,21,23)/t11-/m1/s1. The lowest BCUT2D eigenvalue weighted by Gasteiger charge is -2.14. The summed E-state index contributed by atoms with van der Waals surface area (Å²) < 4.78 is 45.4. The van der Waals surface area contributed by atoms with Crippen molar-refractivity contribution >= 4 is 11.5 Å². The predicted molar refractivity (Wildman–Crippen MR) is 87.9 cm³/mol. The monoisotopic (exact) mass is 364 g/mol. The number of fused-ring (bicyclic) bond motifs is 1. The Balaban J connectivity index is 1.75. The molecule has 0 aliphatic carbocycles. The lowest BCUT2D eigenvalue weighted by atomic mass is 10.1. The van der Waals surface area contributed by atoms with E-state index in [4.69, 9.17) is 4.74 Å². The first-order valence-corrected chi connectivity index (χ1v) is 8.02. The molecular formula is C17H15F3N4O2. The molecular weight excluding hydrogens is 349 g/mol. The Kier molecular flexibility index (Phi) is 3.95. The number of nitrogens with one attached hydrogen (secondary N) is 1. The molecule has 4 rings (SSSR count). The molecule has 3 heterocycles. The van der Waals surface area contributed by atoms with Crippen molar-refractivity contribution in [3.8, 4) is 17.0 Å². The van der Waals surface area contributed by atoms with Crippen molar-refractivity contribution < 1.29 is 23.0 Å². The zero-order valence-corrected chi connectivity index (χ0v) is 13.5. The molecule has 1 atom stereocenters. The van der Waals surface area contributed by atoms with Crippen LogP contribution in [0.25, 0.3) is 16.8 Å². The van der Waals surface area contributed by atoms with E-state index in [0.29, 0.717) is 36.4 Å². The maximum atomic E-state index is 12.8. The first kappa shape index (κ1) is 16.6. The SMILES string of the molecule is Oc1cc(C(F)(F)F)ccc1-c1nnc(N[C@@H]2CCOC2)n2cccc12. The van der Waals surface area contributed by atoms with Crippen LogP contribution in [-0.4, -0.2) is 39.0 Å². The number of aromatic hydroxyl groups is 1. The second kappa shape index (κ2) is 6.17. The number of nitrogens with zero attached hydrogens (tertiary/aromatic N) is 3. The van der Waals surface area contributed by atoms with Crippen LogP contribution < -0.4 is 5.32 Å². The normalized spacial score (nSPS) is 17.7. The zero-order valence-electron chi connectivity index (χ0n) is 13.5. The molecule has 1 saturated heterocycles. The van der Waals surface area contributed by atoms with Crippen LogP contribution in [0, 0.1) is 0 Å². The van der Waals surface area contributed by atoms with Gasteiger partial charge in [0.1, 0.15) is 11.4 Å². The minimum absolute atomic E-state index is 0.125. The summed E-state index contributed by atoms with van der Waals surface area (Å²) in [6.07, 6.45) is -1.90. The number of ether oxygens (including phenoxy) is 1. The van der Waals surface area contributed by atoms with Gasteiger partial charge in [-0.15, -0.1) is 10.2 Å². The fourth-order valence-corrected chi connectivity index (χ4v) is 2.98. The smallest absolute Gasteiger partial charge is 0.416 e. The molecule has 1 aliphatic rings. The Bertz CT molecular complexity index is 949. The van der Waals surface area contributed by atoms with Gasteiger partial charge < -0.3 is 15.2 Å². The van der Waals surface area contributed by atoms with Gasteiger partial charge in [0.15, 0.2) is 0 Å². The number of anilines is 1. The summed E-state index contributed by atoms with van der Waals surface area (Å²) in [6.45, 7) is 1.25. The Morgan fingerprint density at radius 3 is 2.77 bits per heavy atom. The van der Waals surface area contributed by atoms with Crippen molar-refractivity contribution in [1.82, 2.24) is 14.6 Å². The minimum Gasteiger partial charge on any atom is -0.507 e. The number of benzene rings is 1. The van der Waals surface area contributed by atoms with E-state index in [2.05, 4.69) is 15.5 Å². The fourth-order valence-electron chi connectivity index (χ4n) is 2.98. The number of aromatic nitrogens is 3. The molecule has 6 nitrogen and oxygen atoms in total. The molecule has 1 fully saturated rings. The summed E-state index contributed by atoms with van der Waals surface area (Å²) >= 11 is 0. The molecule has 136 valence electrons. The summed E-state index contributed by atoms with van der Waals surface area (Å²) in [5.41, 5.74) is 0.188. The first-order chi connectivity index (χ1) is 12.4. The second-order valence-electron chi connectivity index (χ2n) is 6.07. The van der Waals surface area contributed by atoms with Crippen LogP contribution in [0.3, 0.4) is 0 Å². The quantitative estimate of drug-likeness (QED) is 0.746. The molecule has 1 aliphatic heterocycles. The Morgan fingerprint density at radius 2 is 2.08 bits per heavy atom. The molecule has 0 bridgehead atoms. The average molecular weight is 364 g/mol.